The first-order chi connectivity index (χ1) is 6.24. The van der Waals surface area contributed by atoms with Crippen molar-refractivity contribution < 1.29 is 0 Å². The predicted molar refractivity (Wildman–Crippen MR) is 57.9 cm³/mol. The van der Waals surface area contributed by atoms with E-state index in [-0.39, 0.29) is 0 Å². The van der Waals surface area contributed by atoms with E-state index in [1.807, 2.05) is 7.05 Å². The molecule has 0 amide bonds. The molecular formula is C11H24N2. The van der Waals surface area contributed by atoms with Gasteiger partial charge in [0, 0.05) is 13.1 Å². The van der Waals surface area contributed by atoms with E-state index >= 15 is 0 Å². The van der Waals surface area contributed by atoms with E-state index in [2.05, 4.69) is 24.1 Å². The van der Waals surface area contributed by atoms with Crippen LogP contribution in [-0.4, -0.2) is 38.1 Å². The number of nitrogens with zero attached hydrogens (tertiary/aromatic N) is 1. The summed E-state index contributed by atoms with van der Waals surface area (Å²) in [6.45, 7) is 9.69. The molecule has 0 aliphatic carbocycles. The number of nitrogens with one attached hydrogen (secondary N) is 1. The molecule has 0 saturated carbocycles. The molecule has 13 heavy (non-hydrogen) atoms. The van der Waals surface area contributed by atoms with Gasteiger partial charge in [0.1, 0.15) is 0 Å². The zero-order valence-electron chi connectivity index (χ0n) is 9.34. The minimum absolute atomic E-state index is 0.881. The summed E-state index contributed by atoms with van der Waals surface area (Å²) in [5, 5.41) is 3.21. The van der Waals surface area contributed by atoms with Gasteiger partial charge in [0.25, 0.3) is 0 Å². The molecule has 2 nitrogen and oxygen atoms in total. The van der Waals surface area contributed by atoms with Crippen molar-refractivity contribution in [1.82, 2.24) is 10.2 Å². The highest BCUT2D eigenvalue weighted by Gasteiger charge is 2.20. The summed E-state index contributed by atoms with van der Waals surface area (Å²) in [7, 11) is 2.03. The molecule has 2 heteroatoms. The number of rotatable bonds is 4. The molecule has 1 fully saturated rings. The summed E-state index contributed by atoms with van der Waals surface area (Å²) in [4.78, 5) is 2.58. The topological polar surface area (TPSA) is 15.3 Å². The second-order valence-corrected chi connectivity index (χ2v) is 4.53. The summed E-state index contributed by atoms with van der Waals surface area (Å²) in [6.07, 6.45) is 2.81. The van der Waals surface area contributed by atoms with Crippen molar-refractivity contribution in [1.29, 1.82) is 0 Å². The fourth-order valence-electron chi connectivity index (χ4n) is 2.11. The molecule has 0 aromatic carbocycles. The quantitative estimate of drug-likeness (QED) is 0.713. The minimum atomic E-state index is 0.881. The van der Waals surface area contributed by atoms with Gasteiger partial charge in [-0.1, -0.05) is 13.8 Å². The lowest BCUT2D eigenvalue weighted by Crippen LogP contribution is -2.38. The summed E-state index contributed by atoms with van der Waals surface area (Å²) in [5.41, 5.74) is 0. The molecule has 1 saturated heterocycles. The predicted octanol–water partition coefficient (Wildman–Crippen LogP) is 1.57. The molecule has 0 bridgehead atoms. The smallest absolute Gasteiger partial charge is 0.0107 e. The Balaban J connectivity index is 2.15. The first-order valence-electron chi connectivity index (χ1n) is 5.61. The van der Waals surface area contributed by atoms with E-state index in [1.165, 1.54) is 32.5 Å². The Morgan fingerprint density at radius 2 is 1.92 bits per heavy atom. The molecule has 0 unspecified atom stereocenters. The molecule has 1 aliphatic heterocycles. The van der Waals surface area contributed by atoms with Gasteiger partial charge in [-0.15, -0.1) is 0 Å². The monoisotopic (exact) mass is 184 g/mol. The zero-order chi connectivity index (χ0) is 9.68. The van der Waals surface area contributed by atoms with Gasteiger partial charge in [-0.2, -0.15) is 0 Å². The molecule has 0 spiro atoms. The number of piperidine rings is 1. The highest BCUT2D eigenvalue weighted by molar-refractivity contribution is 4.74. The molecular weight excluding hydrogens is 160 g/mol. The maximum atomic E-state index is 3.21. The summed E-state index contributed by atoms with van der Waals surface area (Å²) >= 11 is 0. The van der Waals surface area contributed by atoms with E-state index in [9.17, 15) is 0 Å². The van der Waals surface area contributed by atoms with E-state index < -0.39 is 0 Å². The van der Waals surface area contributed by atoms with Gasteiger partial charge in [0.15, 0.2) is 0 Å². The highest BCUT2D eigenvalue weighted by atomic mass is 15.1. The average molecular weight is 184 g/mol. The Labute approximate surface area is 82.7 Å². The molecule has 0 radical (unpaired) electrons. The number of hydrogen-bond acceptors (Lipinski definition) is 2. The average Bonchev–Trinajstić information content (AvgIpc) is 2.15. The van der Waals surface area contributed by atoms with Crippen LogP contribution < -0.4 is 5.32 Å². The maximum Gasteiger partial charge on any atom is 0.0107 e. The van der Waals surface area contributed by atoms with Crippen LogP contribution in [0.25, 0.3) is 0 Å². The van der Waals surface area contributed by atoms with Crippen LogP contribution in [0.15, 0.2) is 0 Å². The van der Waals surface area contributed by atoms with Crippen molar-refractivity contribution in [2.75, 3.05) is 33.2 Å². The van der Waals surface area contributed by atoms with Crippen molar-refractivity contribution in [3.63, 3.8) is 0 Å². The molecule has 1 aliphatic rings. The molecule has 1 heterocycles. The number of hydrogen-bond donors (Lipinski definition) is 1. The third kappa shape index (κ3) is 3.65. The Kier molecular flexibility index (Phi) is 4.74. The molecule has 0 aromatic heterocycles. The van der Waals surface area contributed by atoms with Gasteiger partial charge in [0.2, 0.25) is 0 Å². The van der Waals surface area contributed by atoms with Crippen LogP contribution in [0.1, 0.15) is 26.7 Å². The van der Waals surface area contributed by atoms with Gasteiger partial charge in [-0.05, 0) is 44.8 Å². The fraction of sp³-hybridized carbons (Fsp3) is 1.00. The third-order valence-corrected chi connectivity index (χ3v) is 3.25. The van der Waals surface area contributed by atoms with Crippen molar-refractivity contribution in [2.24, 2.45) is 11.8 Å². The fourth-order valence-corrected chi connectivity index (χ4v) is 2.11. The van der Waals surface area contributed by atoms with Crippen LogP contribution in [0.3, 0.4) is 0 Å². The van der Waals surface area contributed by atoms with Crippen molar-refractivity contribution in [3.05, 3.63) is 0 Å². The molecule has 1 N–H and O–H groups in total. The van der Waals surface area contributed by atoms with Crippen LogP contribution >= 0.6 is 0 Å². The van der Waals surface area contributed by atoms with Gasteiger partial charge < -0.3 is 10.2 Å². The number of likely N-dealkylation sites (N-methyl/N-ethyl adjacent to an activating group) is 1. The number of likely N-dealkylation sites (tertiary alicyclic amines) is 1. The summed E-state index contributed by atoms with van der Waals surface area (Å²) in [5.74, 6) is 1.86. The third-order valence-electron chi connectivity index (χ3n) is 3.25. The van der Waals surface area contributed by atoms with Gasteiger partial charge in [-0.25, -0.2) is 0 Å². The Morgan fingerprint density at radius 1 is 1.31 bits per heavy atom. The SMILES string of the molecule is CNCCN1CCC(C(C)C)CC1. The minimum Gasteiger partial charge on any atom is -0.318 e. The van der Waals surface area contributed by atoms with Gasteiger partial charge >= 0.3 is 0 Å². The van der Waals surface area contributed by atoms with E-state index in [1.54, 1.807) is 0 Å². The lowest BCUT2D eigenvalue weighted by Gasteiger charge is -2.33. The normalized spacial score (nSPS) is 21.2. The van der Waals surface area contributed by atoms with Gasteiger partial charge in [-0.3, -0.25) is 0 Å². The van der Waals surface area contributed by atoms with E-state index in [0.29, 0.717) is 0 Å². The Hall–Kier alpha value is -0.0800. The van der Waals surface area contributed by atoms with Crippen LogP contribution in [0.5, 0.6) is 0 Å². The van der Waals surface area contributed by atoms with Crippen molar-refractivity contribution >= 4 is 0 Å². The first kappa shape index (κ1) is 11.0. The largest absolute Gasteiger partial charge is 0.318 e. The molecule has 1 rings (SSSR count). The maximum absolute atomic E-state index is 3.21. The highest BCUT2D eigenvalue weighted by Crippen LogP contribution is 2.23. The van der Waals surface area contributed by atoms with Crippen LogP contribution in [0, 0.1) is 11.8 Å². The first-order valence-corrected chi connectivity index (χ1v) is 5.61. The van der Waals surface area contributed by atoms with Crippen LogP contribution in [-0.2, 0) is 0 Å². The summed E-state index contributed by atoms with van der Waals surface area (Å²) < 4.78 is 0. The molecule has 0 aromatic rings. The van der Waals surface area contributed by atoms with Crippen LogP contribution in [0.4, 0.5) is 0 Å². The lowest BCUT2D eigenvalue weighted by atomic mass is 9.87. The van der Waals surface area contributed by atoms with E-state index in [4.69, 9.17) is 0 Å². The Bertz CT molecular complexity index is 126. The van der Waals surface area contributed by atoms with Gasteiger partial charge in [0.05, 0.1) is 0 Å². The summed E-state index contributed by atoms with van der Waals surface area (Å²) in [6, 6.07) is 0. The standard InChI is InChI=1S/C11H24N2/c1-10(2)11-4-7-13(8-5-11)9-6-12-3/h10-12H,4-9H2,1-3H3. The second kappa shape index (κ2) is 5.61. The zero-order valence-corrected chi connectivity index (χ0v) is 9.34. The van der Waals surface area contributed by atoms with Crippen molar-refractivity contribution in [3.8, 4) is 0 Å². The van der Waals surface area contributed by atoms with E-state index in [0.717, 1.165) is 18.4 Å². The molecule has 0 atom stereocenters. The Morgan fingerprint density at radius 3 is 2.38 bits per heavy atom. The van der Waals surface area contributed by atoms with Crippen molar-refractivity contribution in [2.45, 2.75) is 26.7 Å². The lowest BCUT2D eigenvalue weighted by molar-refractivity contribution is 0.159. The van der Waals surface area contributed by atoms with Crippen LogP contribution in [0.2, 0.25) is 0 Å². The second-order valence-electron chi connectivity index (χ2n) is 4.53. The molecule has 78 valence electrons.